The molecule has 0 saturated carbocycles. The van der Waals surface area contributed by atoms with Crippen molar-refractivity contribution < 1.29 is 34.5 Å². The summed E-state index contributed by atoms with van der Waals surface area (Å²) in [6, 6.07) is 24.1. The minimum absolute atomic E-state index is 0. The molecule has 8 heteroatoms. The molecule has 0 aliphatic carbocycles. The van der Waals surface area contributed by atoms with Gasteiger partial charge in [-0.15, -0.1) is 0 Å². The summed E-state index contributed by atoms with van der Waals surface area (Å²) in [5, 5.41) is 20.3. The van der Waals surface area contributed by atoms with E-state index in [1.165, 1.54) is 12.4 Å². The Bertz CT molecular complexity index is 1420. The quantitative estimate of drug-likeness (QED) is 0.127. The van der Waals surface area contributed by atoms with Crippen molar-refractivity contribution in [1.82, 2.24) is 0 Å². The van der Waals surface area contributed by atoms with Crippen molar-refractivity contribution in [2.45, 2.75) is 0 Å². The van der Waals surface area contributed by atoms with E-state index in [0.717, 1.165) is 8.95 Å². The number of rotatable bonds is 6. The van der Waals surface area contributed by atoms with Crippen LogP contribution in [0.3, 0.4) is 0 Å². The summed E-state index contributed by atoms with van der Waals surface area (Å²) in [5.74, 6) is 0.0297. The molecule has 35 heavy (non-hydrogen) atoms. The van der Waals surface area contributed by atoms with Gasteiger partial charge in [0.2, 0.25) is 0 Å². The third kappa shape index (κ3) is 6.82. The van der Waals surface area contributed by atoms with Gasteiger partial charge in [0.25, 0.3) is 0 Å². The first-order chi connectivity index (χ1) is 16.4. The standard InChI is InChI=1S/C27H18Br2N2O3.Ru/c28-21-7-10-25(32)19(12-21)15-30-23-9-6-18(27(34)17-4-2-1-3-5-17)14-24(23)31-16-20-13-22(29)8-11-26(20)33;/h1-16,32-33H;. The van der Waals surface area contributed by atoms with Gasteiger partial charge in [0.05, 0.1) is 11.4 Å². The molecule has 176 valence electrons. The molecule has 4 rings (SSSR count). The molecule has 0 saturated heterocycles. The fourth-order valence-electron chi connectivity index (χ4n) is 3.17. The molecule has 5 nitrogen and oxygen atoms in total. The zero-order chi connectivity index (χ0) is 24.1. The van der Waals surface area contributed by atoms with E-state index in [9.17, 15) is 15.0 Å². The second-order valence-electron chi connectivity index (χ2n) is 7.32. The first-order valence-electron chi connectivity index (χ1n) is 10.2. The van der Waals surface area contributed by atoms with Gasteiger partial charge in [-0.3, -0.25) is 14.8 Å². The van der Waals surface area contributed by atoms with Crippen molar-refractivity contribution in [3.8, 4) is 11.5 Å². The zero-order valence-electron chi connectivity index (χ0n) is 18.0. The SMILES string of the molecule is O=C(c1ccccc1)c1ccc(N=Cc2cc(Br)ccc2O)c(N=Cc2cc(Br)ccc2O)c1.[Ru]. The average molecular weight is 679 g/mol. The number of aliphatic imine (C=N–C) groups is 2. The molecule has 0 unspecified atom stereocenters. The molecule has 0 atom stereocenters. The van der Waals surface area contributed by atoms with Crippen LogP contribution in [0.4, 0.5) is 11.4 Å². The van der Waals surface area contributed by atoms with Gasteiger partial charge in [0.15, 0.2) is 5.78 Å². The maximum atomic E-state index is 13.0. The number of benzene rings is 4. The largest absolute Gasteiger partial charge is 0.507 e. The predicted molar refractivity (Wildman–Crippen MR) is 142 cm³/mol. The predicted octanol–water partition coefficient (Wildman–Crippen LogP) is 7.35. The number of phenolic OH excluding ortho intramolecular Hbond substituents is 2. The second kappa shape index (κ2) is 12.2. The molecule has 0 radical (unpaired) electrons. The fraction of sp³-hybridized carbons (Fsp3) is 0. The summed E-state index contributed by atoms with van der Waals surface area (Å²) in [6.45, 7) is 0. The number of hydrogen-bond acceptors (Lipinski definition) is 5. The van der Waals surface area contributed by atoms with Crippen LogP contribution in [-0.2, 0) is 19.5 Å². The van der Waals surface area contributed by atoms with Crippen LogP contribution >= 0.6 is 31.9 Å². The summed E-state index contributed by atoms with van der Waals surface area (Å²) in [4.78, 5) is 22.0. The Morgan fingerprint density at radius 2 is 1.20 bits per heavy atom. The smallest absolute Gasteiger partial charge is 0.193 e. The Balaban J connectivity index is 0.00000342. The number of nitrogens with zero attached hydrogens (tertiary/aromatic N) is 2. The molecule has 4 aromatic rings. The van der Waals surface area contributed by atoms with Crippen LogP contribution in [0.5, 0.6) is 11.5 Å². The normalized spacial score (nSPS) is 11.0. The molecule has 0 aliphatic rings. The van der Waals surface area contributed by atoms with Crippen molar-refractivity contribution in [2.75, 3.05) is 0 Å². The molecular formula is C27H18Br2N2O3Ru. The maximum absolute atomic E-state index is 13.0. The van der Waals surface area contributed by atoms with Gasteiger partial charge < -0.3 is 10.2 Å². The number of hydrogen-bond donors (Lipinski definition) is 2. The van der Waals surface area contributed by atoms with Gasteiger partial charge in [-0.05, 0) is 54.6 Å². The van der Waals surface area contributed by atoms with E-state index in [-0.39, 0.29) is 36.8 Å². The Morgan fingerprint density at radius 1 is 0.657 bits per heavy atom. The second-order valence-corrected chi connectivity index (χ2v) is 9.15. The molecule has 0 heterocycles. The van der Waals surface area contributed by atoms with E-state index in [1.54, 1.807) is 66.7 Å². The third-order valence-electron chi connectivity index (χ3n) is 4.94. The maximum Gasteiger partial charge on any atom is 0.193 e. The van der Waals surface area contributed by atoms with Gasteiger partial charge in [-0.2, -0.15) is 0 Å². The van der Waals surface area contributed by atoms with Crippen molar-refractivity contribution in [3.05, 3.63) is 116 Å². The van der Waals surface area contributed by atoms with E-state index in [1.807, 2.05) is 18.2 Å². The van der Waals surface area contributed by atoms with Crippen molar-refractivity contribution in [3.63, 3.8) is 0 Å². The topological polar surface area (TPSA) is 82.2 Å². The summed E-state index contributed by atoms with van der Waals surface area (Å²) in [7, 11) is 0. The molecule has 0 bridgehead atoms. The van der Waals surface area contributed by atoms with Crippen molar-refractivity contribution in [1.29, 1.82) is 0 Å². The van der Waals surface area contributed by atoms with Gasteiger partial charge in [0, 0.05) is 63.1 Å². The molecular weight excluding hydrogens is 661 g/mol. The first kappa shape index (κ1) is 26.7. The van der Waals surface area contributed by atoms with E-state index in [0.29, 0.717) is 33.6 Å². The molecule has 0 amide bonds. The van der Waals surface area contributed by atoms with Crippen LogP contribution in [0.1, 0.15) is 27.0 Å². The number of carbonyl (C=O) groups is 1. The molecule has 0 aromatic heterocycles. The van der Waals surface area contributed by atoms with E-state index >= 15 is 0 Å². The van der Waals surface area contributed by atoms with Gasteiger partial charge >= 0.3 is 0 Å². The fourth-order valence-corrected chi connectivity index (χ4v) is 3.93. The van der Waals surface area contributed by atoms with Crippen LogP contribution in [0, 0.1) is 0 Å². The van der Waals surface area contributed by atoms with Crippen LogP contribution in [0.15, 0.2) is 104 Å². The average Bonchev–Trinajstić information content (AvgIpc) is 2.85. The monoisotopic (exact) mass is 678 g/mol. The Kier molecular flexibility index (Phi) is 9.27. The number of carbonyl (C=O) groups excluding carboxylic acids is 1. The zero-order valence-corrected chi connectivity index (χ0v) is 23.0. The molecule has 0 spiro atoms. The number of phenols is 2. The summed E-state index contributed by atoms with van der Waals surface area (Å²) in [5.41, 5.74) is 2.99. The van der Waals surface area contributed by atoms with E-state index in [2.05, 4.69) is 41.8 Å². The summed E-state index contributed by atoms with van der Waals surface area (Å²) in [6.07, 6.45) is 3.05. The number of aromatic hydroxyl groups is 2. The van der Waals surface area contributed by atoms with E-state index in [4.69, 9.17) is 0 Å². The van der Waals surface area contributed by atoms with Gasteiger partial charge in [0.1, 0.15) is 11.5 Å². The number of ketones is 1. The van der Waals surface area contributed by atoms with Crippen LogP contribution in [-0.4, -0.2) is 28.4 Å². The Morgan fingerprint density at radius 3 is 1.77 bits per heavy atom. The van der Waals surface area contributed by atoms with Crippen molar-refractivity contribution in [2.24, 2.45) is 9.98 Å². The molecule has 0 fully saturated rings. The van der Waals surface area contributed by atoms with Crippen LogP contribution in [0.25, 0.3) is 0 Å². The minimum Gasteiger partial charge on any atom is -0.507 e. The van der Waals surface area contributed by atoms with Crippen LogP contribution < -0.4 is 0 Å². The Hall–Kier alpha value is -2.93. The minimum atomic E-state index is -0.137. The Labute approximate surface area is 232 Å². The number of halogens is 2. The summed E-state index contributed by atoms with van der Waals surface area (Å²) >= 11 is 6.78. The first-order valence-corrected chi connectivity index (χ1v) is 11.8. The summed E-state index contributed by atoms with van der Waals surface area (Å²) < 4.78 is 1.60. The van der Waals surface area contributed by atoms with Crippen molar-refractivity contribution >= 4 is 61.4 Å². The van der Waals surface area contributed by atoms with Crippen LogP contribution in [0.2, 0.25) is 0 Å². The van der Waals surface area contributed by atoms with Gasteiger partial charge in [-0.25, -0.2) is 0 Å². The molecule has 0 aliphatic heterocycles. The molecule has 2 N–H and O–H groups in total. The van der Waals surface area contributed by atoms with E-state index < -0.39 is 0 Å². The van der Waals surface area contributed by atoms with Gasteiger partial charge in [-0.1, -0.05) is 62.2 Å². The molecule has 4 aromatic carbocycles. The third-order valence-corrected chi connectivity index (χ3v) is 5.92.